The van der Waals surface area contributed by atoms with Crippen LogP contribution >= 0.6 is 0 Å². The summed E-state index contributed by atoms with van der Waals surface area (Å²) in [6.45, 7) is 4.91. The van der Waals surface area contributed by atoms with Crippen LogP contribution in [0.2, 0.25) is 0 Å². The molecular weight excluding hydrogens is 839 g/mol. The number of amides is 1. The van der Waals surface area contributed by atoms with E-state index in [1.165, 1.54) is 225 Å². The van der Waals surface area contributed by atoms with Gasteiger partial charge in [0, 0.05) is 12.8 Å². The summed E-state index contributed by atoms with van der Waals surface area (Å²) in [6.07, 6.45) is 70.3. The molecule has 0 saturated heterocycles. The Morgan fingerprint density at radius 2 is 0.691 bits per heavy atom. The third-order valence-corrected chi connectivity index (χ3v) is 14.2. The van der Waals surface area contributed by atoms with Crippen molar-refractivity contribution >= 4 is 11.9 Å². The van der Waals surface area contributed by atoms with Gasteiger partial charge in [-0.2, -0.15) is 0 Å². The van der Waals surface area contributed by atoms with Crippen molar-refractivity contribution in [3.8, 4) is 0 Å². The monoisotopic (exact) mass is 958 g/mol. The van der Waals surface area contributed by atoms with Gasteiger partial charge in [-0.3, -0.25) is 9.59 Å². The first-order valence-corrected chi connectivity index (χ1v) is 30.6. The molecule has 0 aromatic rings. The highest BCUT2D eigenvalue weighted by atomic mass is 16.5. The van der Waals surface area contributed by atoms with E-state index in [1.54, 1.807) is 0 Å². The van der Waals surface area contributed by atoms with E-state index in [0.29, 0.717) is 25.9 Å². The molecule has 2 atom stereocenters. The van der Waals surface area contributed by atoms with E-state index in [0.717, 1.165) is 77.0 Å². The van der Waals surface area contributed by atoms with Gasteiger partial charge in [0.2, 0.25) is 5.91 Å². The maximum absolute atomic E-state index is 12.5. The molecule has 0 aliphatic carbocycles. The van der Waals surface area contributed by atoms with Gasteiger partial charge in [-0.25, -0.2) is 0 Å². The van der Waals surface area contributed by atoms with Gasteiger partial charge in [0.25, 0.3) is 0 Å². The normalized spacial score (nSPS) is 12.7. The standard InChI is InChI=1S/C62H119NO5/c1-3-5-7-9-11-13-15-17-19-21-23-25-26-28-30-34-38-42-46-50-54-60(65)59(58-64)63-61(66)55-51-47-43-39-35-32-33-37-41-45-49-53-57-68-62(67)56-52-48-44-40-36-31-29-27-24-22-20-18-16-14-12-10-8-6-4-2/h18,20,33,37,59-60,64-65H,3-17,19,21-32,34-36,38-58H2,1-2H3,(H,63,66)/b20-18-,37-33-. The Morgan fingerprint density at radius 1 is 0.397 bits per heavy atom. The van der Waals surface area contributed by atoms with Crippen LogP contribution in [-0.4, -0.2) is 47.4 Å². The fourth-order valence-electron chi connectivity index (χ4n) is 9.51. The van der Waals surface area contributed by atoms with Gasteiger partial charge in [-0.05, 0) is 83.5 Å². The number of nitrogens with one attached hydrogen (secondary N) is 1. The van der Waals surface area contributed by atoms with Gasteiger partial charge in [0.15, 0.2) is 0 Å². The molecule has 0 bridgehead atoms. The highest BCUT2D eigenvalue weighted by molar-refractivity contribution is 5.76. The third-order valence-electron chi connectivity index (χ3n) is 14.2. The number of rotatable bonds is 57. The lowest BCUT2D eigenvalue weighted by molar-refractivity contribution is -0.143. The lowest BCUT2D eigenvalue weighted by Crippen LogP contribution is -2.45. The average molecular weight is 959 g/mol. The molecule has 6 heteroatoms. The Morgan fingerprint density at radius 3 is 1.04 bits per heavy atom. The highest BCUT2D eigenvalue weighted by Gasteiger charge is 2.20. The van der Waals surface area contributed by atoms with E-state index in [1.807, 2.05) is 0 Å². The molecule has 2 unspecified atom stereocenters. The lowest BCUT2D eigenvalue weighted by Gasteiger charge is -2.22. The summed E-state index contributed by atoms with van der Waals surface area (Å²) in [5.41, 5.74) is 0. The number of aliphatic hydroxyl groups is 2. The van der Waals surface area contributed by atoms with E-state index >= 15 is 0 Å². The summed E-state index contributed by atoms with van der Waals surface area (Å²) in [5, 5.41) is 23.3. The van der Waals surface area contributed by atoms with Crippen molar-refractivity contribution in [2.45, 2.75) is 347 Å². The molecule has 402 valence electrons. The summed E-state index contributed by atoms with van der Waals surface area (Å²) >= 11 is 0. The van der Waals surface area contributed by atoms with Crippen LogP contribution in [0.4, 0.5) is 0 Å². The molecule has 0 aromatic carbocycles. The molecule has 3 N–H and O–H groups in total. The first-order valence-electron chi connectivity index (χ1n) is 30.6. The smallest absolute Gasteiger partial charge is 0.305 e. The van der Waals surface area contributed by atoms with Crippen molar-refractivity contribution in [3.63, 3.8) is 0 Å². The number of hydrogen-bond donors (Lipinski definition) is 3. The maximum Gasteiger partial charge on any atom is 0.305 e. The van der Waals surface area contributed by atoms with Gasteiger partial charge < -0.3 is 20.3 Å². The summed E-state index contributed by atoms with van der Waals surface area (Å²) in [5.74, 6) is -0.0802. The van der Waals surface area contributed by atoms with Crippen LogP contribution in [0, 0.1) is 0 Å². The van der Waals surface area contributed by atoms with E-state index in [-0.39, 0.29) is 18.5 Å². The first-order chi connectivity index (χ1) is 33.5. The van der Waals surface area contributed by atoms with Gasteiger partial charge in [0.1, 0.15) is 0 Å². The van der Waals surface area contributed by atoms with Crippen LogP contribution in [0.3, 0.4) is 0 Å². The van der Waals surface area contributed by atoms with Crippen LogP contribution in [0.1, 0.15) is 335 Å². The maximum atomic E-state index is 12.5. The van der Waals surface area contributed by atoms with Crippen LogP contribution in [0.25, 0.3) is 0 Å². The zero-order valence-electron chi connectivity index (χ0n) is 45.9. The zero-order chi connectivity index (χ0) is 49.3. The van der Waals surface area contributed by atoms with Crippen molar-refractivity contribution in [2.24, 2.45) is 0 Å². The molecule has 0 aromatic heterocycles. The van der Waals surface area contributed by atoms with Crippen molar-refractivity contribution < 1.29 is 24.5 Å². The Bertz CT molecular complexity index is 1060. The van der Waals surface area contributed by atoms with Crippen LogP contribution < -0.4 is 5.32 Å². The summed E-state index contributed by atoms with van der Waals surface area (Å²) in [6, 6.07) is -0.561. The number of unbranched alkanes of at least 4 members (excludes halogenated alkanes) is 42. The highest BCUT2D eigenvalue weighted by Crippen LogP contribution is 2.17. The van der Waals surface area contributed by atoms with E-state index in [9.17, 15) is 19.8 Å². The van der Waals surface area contributed by atoms with Gasteiger partial charge in [-0.15, -0.1) is 0 Å². The molecule has 0 aliphatic rings. The molecule has 0 fully saturated rings. The van der Waals surface area contributed by atoms with Crippen LogP contribution in [-0.2, 0) is 14.3 Å². The lowest BCUT2D eigenvalue weighted by atomic mass is 10.0. The topological polar surface area (TPSA) is 95.9 Å². The molecule has 0 rings (SSSR count). The molecule has 0 radical (unpaired) electrons. The quantitative estimate of drug-likeness (QED) is 0.0321. The van der Waals surface area contributed by atoms with Crippen LogP contribution in [0.5, 0.6) is 0 Å². The number of hydrogen-bond acceptors (Lipinski definition) is 5. The SMILES string of the molecule is CCCCCCCC/C=C\CCCCCCCCCCCC(=O)OCCCCC/C=C\CCCCCCCC(=O)NC(CO)C(O)CCCCCCCCCCCCCCCCCCCCCC. The summed E-state index contributed by atoms with van der Waals surface area (Å²) < 4.78 is 5.47. The van der Waals surface area contributed by atoms with Gasteiger partial charge in [-0.1, -0.05) is 263 Å². The molecule has 1 amide bonds. The number of aliphatic hydroxyl groups excluding tert-OH is 2. The fraction of sp³-hybridized carbons (Fsp3) is 0.903. The Labute approximate surface area is 424 Å². The fourth-order valence-corrected chi connectivity index (χ4v) is 9.51. The minimum atomic E-state index is -0.681. The Hall–Kier alpha value is -1.66. The first kappa shape index (κ1) is 66.3. The second kappa shape index (κ2) is 57.9. The average Bonchev–Trinajstić information content (AvgIpc) is 3.34. The molecule has 0 spiro atoms. The number of ether oxygens (including phenoxy) is 1. The summed E-state index contributed by atoms with van der Waals surface area (Å²) in [7, 11) is 0. The summed E-state index contributed by atoms with van der Waals surface area (Å²) in [4.78, 5) is 24.6. The second-order valence-corrected chi connectivity index (χ2v) is 21.0. The molecule has 68 heavy (non-hydrogen) atoms. The van der Waals surface area contributed by atoms with E-state index in [2.05, 4.69) is 43.5 Å². The third kappa shape index (κ3) is 53.7. The van der Waals surface area contributed by atoms with Crippen molar-refractivity contribution in [3.05, 3.63) is 24.3 Å². The van der Waals surface area contributed by atoms with Crippen molar-refractivity contribution in [1.29, 1.82) is 0 Å². The minimum Gasteiger partial charge on any atom is -0.466 e. The zero-order valence-corrected chi connectivity index (χ0v) is 45.9. The minimum absolute atomic E-state index is 0.0223. The Kier molecular flexibility index (Phi) is 56.5. The van der Waals surface area contributed by atoms with E-state index in [4.69, 9.17) is 4.74 Å². The molecule has 0 saturated carbocycles. The van der Waals surface area contributed by atoms with Crippen LogP contribution in [0.15, 0.2) is 24.3 Å². The van der Waals surface area contributed by atoms with Crippen molar-refractivity contribution in [1.82, 2.24) is 5.32 Å². The predicted octanol–water partition coefficient (Wildman–Crippen LogP) is 19.0. The molecule has 0 heterocycles. The Balaban J connectivity index is 3.48. The molecule has 6 nitrogen and oxygen atoms in total. The molecular formula is C62H119NO5. The van der Waals surface area contributed by atoms with Gasteiger partial charge >= 0.3 is 5.97 Å². The second-order valence-electron chi connectivity index (χ2n) is 21.0. The number of allylic oxidation sites excluding steroid dienone is 4. The predicted molar refractivity (Wildman–Crippen MR) is 296 cm³/mol. The van der Waals surface area contributed by atoms with Gasteiger partial charge in [0.05, 0.1) is 25.4 Å². The molecule has 0 aliphatic heterocycles. The van der Waals surface area contributed by atoms with Crippen molar-refractivity contribution in [2.75, 3.05) is 13.2 Å². The van der Waals surface area contributed by atoms with E-state index < -0.39 is 12.1 Å². The number of carbonyl (C=O) groups is 2. The number of carbonyl (C=O) groups excluding carboxylic acids is 2. The largest absolute Gasteiger partial charge is 0.466 e. The number of esters is 1.